The Morgan fingerprint density at radius 3 is 2.00 bits per heavy atom. The Labute approximate surface area is 230 Å². The zero-order chi connectivity index (χ0) is 27.6. The molecule has 39 heavy (non-hydrogen) atoms. The first-order chi connectivity index (χ1) is 19.0. The molecule has 0 saturated carbocycles. The fraction of sp³-hybridized carbons (Fsp3) is 0.419. The smallest absolute Gasteiger partial charge is 0.184 e. The van der Waals surface area contributed by atoms with Crippen LogP contribution in [-0.4, -0.2) is 62.1 Å². The molecular formula is C31H38O8. The molecule has 8 nitrogen and oxygen atoms in total. The van der Waals surface area contributed by atoms with E-state index in [9.17, 15) is 10.2 Å². The van der Waals surface area contributed by atoms with E-state index in [1.54, 1.807) is 21.1 Å². The molecule has 0 aromatic heterocycles. The van der Waals surface area contributed by atoms with Gasteiger partial charge in [0.2, 0.25) is 0 Å². The Hall–Kier alpha value is -2.98. The van der Waals surface area contributed by atoms with Crippen LogP contribution in [0.4, 0.5) is 0 Å². The van der Waals surface area contributed by atoms with Crippen LogP contribution < -0.4 is 9.47 Å². The van der Waals surface area contributed by atoms with Gasteiger partial charge >= 0.3 is 0 Å². The first-order valence-corrected chi connectivity index (χ1v) is 13.1. The molecule has 0 aliphatic carbocycles. The summed E-state index contributed by atoms with van der Waals surface area (Å²) < 4.78 is 35.7. The van der Waals surface area contributed by atoms with Crippen molar-refractivity contribution in [2.75, 3.05) is 27.4 Å². The molecule has 1 unspecified atom stereocenters. The maximum Gasteiger partial charge on any atom is 0.184 e. The van der Waals surface area contributed by atoms with Crippen molar-refractivity contribution in [2.24, 2.45) is 5.92 Å². The van der Waals surface area contributed by atoms with Crippen LogP contribution in [0.2, 0.25) is 0 Å². The summed E-state index contributed by atoms with van der Waals surface area (Å²) in [6, 6.07) is 24.8. The van der Waals surface area contributed by atoms with Gasteiger partial charge < -0.3 is 38.6 Å². The number of aliphatic hydroxyl groups is 2. The molecule has 1 fully saturated rings. The quantitative estimate of drug-likeness (QED) is 0.333. The molecule has 3 aromatic carbocycles. The Kier molecular flexibility index (Phi) is 10.7. The van der Waals surface area contributed by atoms with Crippen molar-refractivity contribution in [2.45, 2.75) is 50.8 Å². The van der Waals surface area contributed by atoms with Gasteiger partial charge in [0, 0.05) is 18.1 Å². The predicted molar refractivity (Wildman–Crippen MR) is 145 cm³/mol. The van der Waals surface area contributed by atoms with Crippen LogP contribution in [0, 0.1) is 5.92 Å². The average Bonchev–Trinajstić information content (AvgIpc) is 3.00. The van der Waals surface area contributed by atoms with Gasteiger partial charge in [-0.2, -0.15) is 0 Å². The zero-order valence-electron chi connectivity index (χ0n) is 22.6. The molecule has 4 rings (SSSR count). The molecule has 8 heteroatoms. The summed E-state index contributed by atoms with van der Waals surface area (Å²) in [6.07, 6.45) is -3.68. The minimum Gasteiger partial charge on any atom is -0.497 e. The second kappa shape index (κ2) is 14.4. The van der Waals surface area contributed by atoms with E-state index in [1.165, 1.54) is 0 Å². The highest BCUT2D eigenvalue weighted by atomic mass is 16.7. The molecule has 1 aliphatic rings. The maximum atomic E-state index is 11.3. The van der Waals surface area contributed by atoms with Gasteiger partial charge in [0.05, 0.1) is 40.1 Å². The minimum absolute atomic E-state index is 0.202. The Bertz CT molecular complexity index is 1110. The third kappa shape index (κ3) is 7.79. The van der Waals surface area contributed by atoms with Gasteiger partial charge in [-0.1, -0.05) is 61.5 Å². The van der Waals surface area contributed by atoms with Crippen LogP contribution in [0.15, 0.2) is 78.9 Å². The van der Waals surface area contributed by atoms with Crippen LogP contribution in [-0.2, 0) is 32.2 Å². The average molecular weight is 539 g/mol. The third-order valence-corrected chi connectivity index (χ3v) is 6.89. The molecule has 1 heterocycles. The molecule has 6 atom stereocenters. The van der Waals surface area contributed by atoms with E-state index < -0.39 is 36.6 Å². The highest BCUT2D eigenvalue weighted by Crippen LogP contribution is 2.33. The van der Waals surface area contributed by atoms with Crippen LogP contribution in [0.5, 0.6) is 11.5 Å². The van der Waals surface area contributed by atoms with Crippen molar-refractivity contribution >= 4 is 0 Å². The van der Waals surface area contributed by atoms with Gasteiger partial charge in [0.1, 0.15) is 29.8 Å². The summed E-state index contributed by atoms with van der Waals surface area (Å²) in [7, 11) is 3.24. The molecule has 1 aliphatic heterocycles. The number of hydrogen-bond acceptors (Lipinski definition) is 8. The van der Waals surface area contributed by atoms with Crippen LogP contribution in [0.25, 0.3) is 0 Å². The molecule has 0 amide bonds. The summed E-state index contributed by atoms with van der Waals surface area (Å²) in [5.74, 6) is 1.06. The van der Waals surface area contributed by atoms with Gasteiger partial charge in [0.15, 0.2) is 6.29 Å². The number of aliphatic hydroxyl groups excluding tert-OH is 2. The van der Waals surface area contributed by atoms with E-state index >= 15 is 0 Å². The lowest BCUT2D eigenvalue weighted by molar-refractivity contribution is -0.300. The number of hydrogen-bond donors (Lipinski definition) is 2. The Balaban J connectivity index is 1.57. The molecule has 210 valence electrons. The van der Waals surface area contributed by atoms with Crippen molar-refractivity contribution in [1.82, 2.24) is 0 Å². The van der Waals surface area contributed by atoms with Gasteiger partial charge in [-0.25, -0.2) is 0 Å². The van der Waals surface area contributed by atoms with E-state index in [0.29, 0.717) is 6.61 Å². The summed E-state index contributed by atoms with van der Waals surface area (Å²) in [5, 5.41) is 21.2. The number of methoxy groups -OCH3 is 2. The fourth-order valence-electron chi connectivity index (χ4n) is 4.42. The summed E-state index contributed by atoms with van der Waals surface area (Å²) >= 11 is 0. The van der Waals surface area contributed by atoms with Crippen LogP contribution in [0.3, 0.4) is 0 Å². The lowest BCUT2D eigenvalue weighted by Gasteiger charge is -2.42. The number of ether oxygens (including phenoxy) is 6. The highest BCUT2D eigenvalue weighted by molar-refractivity contribution is 5.27. The Morgan fingerprint density at radius 2 is 1.44 bits per heavy atom. The lowest BCUT2D eigenvalue weighted by Crippen LogP contribution is -2.55. The van der Waals surface area contributed by atoms with Gasteiger partial charge in [-0.3, -0.25) is 0 Å². The van der Waals surface area contributed by atoms with Crippen LogP contribution in [0.1, 0.15) is 29.9 Å². The van der Waals surface area contributed by atoms with Crippen molar-refractivity contribution in [3.63, 3.8) is 0 Å². The minimum atomic E-state index is -1.01. The van der Waals surface area contributed by atoms with Crippen molar-refractivity contribution in [1.29, 1.82) is 0 Å². The summed E-state index contributed by atoms with van der Waals surface area (Å²) in [5.41, 5.74) is 2.72. The van der Waals surface area contributed by atoms with Gasteiger partial charge in [-0.15, -0.1) is 0 Å². The molecule has 0 radical (unpaired) electrons. The molecule has 3 aromatic rings. The standard InChI is InChI=1S/C31H38O8/c1-21(17-32)28(33)30(37-19-23-11-15-26(35-3)16-12-23)29-27(36-18-22-9-13-25(34-2)14-10-22)20-38-31(39-29)24-7-5-4-6-8-24/h4-16,21,27-33H,17-20H2,1-3H3/t21-,27+,28-,29-,30+,31?/m1/s1. The van der Waals surface area contributed by atoms with E-state index in [1.807, 2.05) is 78.9 Å². The largest absolute Gasteiger partial charge is 0.497 e. The second-order valence-corrected chi connectivity index (χ2v) is 9.65. The molecule has 1 saturated heterocycles. The Morgan fingerprint density at radius 1 is 0.846 bits per heavy atom. The predicted octanol–water partition coefficient (Wildman–Crippen LogP) is 4.28. The maximum absolute atomic E-state index is 11.3. The SMILES string of the molecule is COc1ccc(CO[C@@H]([C@H](O)[C@H](C)CO)[C@@H]2OC(c3ccccc3)OC[C@@H]2OCc2ccc(OC)cc2)cc1. The van der Waals surface area contributed by atoms with Gasteiger partial charge in [0.25, 0.3) is 0 Å². The van der Waals surface area contributed by atoms with E-state index in [2.05, 4.69) is 0 Å². The van der Waals surface area contributed by atoms with Crippen LogP contribution >= 0.6 is 0 Å². The molecular weight excluding hydrogens is 500 g/mol. The van der Waals surface area contributed by atoms with E-state index in [0.717, 1.165) is 28.2 Å². The highest BCUT2D eigenvalue weighted by Gasteiger charge is 2.43. The zero-order valence-corrected chi connectivity index (χ0v) is 22.6. The van der Waals surface area contributed by atoms with Crippen molar-refractivity contribution in [3.8, 4) is 11.5 Å². The summed E-state index contributed by atoms with van der Waals surface area (Å²) in [4.78, 5) is 0. The van der Waals surface area contributed by atoms with Gasteiger partial charge in [-0.05, 0) is 35.4 Å². The number of benzene rings is 3. The van der Waals surface area contributed by atoms with Crippen molar-refractivity contribution < 1.29 is 38.6 Å². The normalized spacial score (nSPS) is 21.6. The van der Waals surface area contributed by atoms with E-state index in [-0.39, 0.29) is 19.8 Å². The molecule has 2 N–H and O–H groups in total. The topological polar surface area (TPSA) is 95.8 Å². The first kappa shape index (κ1) is 29.0. The second-order valence-electron chi connectivity index (χ2n) is 9.65. The number of rotatable bonds is 13. The lowest BCUT2D eigenvalue weighted by atomic mass is 9.93. The fourth-order valence-corrected chi connectivity index (χ4v) is 4.42. The van der Waals surface area contributed by atoms with E-state index in [4.69, 9.17) is 28.4 Å². The monoisotopic (exact) mass is 538 g/mol. The van der Waals surface area contributed by atoms with Crippen molar-refractivity contribution in [3.05, 3.63) is 95.6 Å². The first-order valence-electron chi connectivity index (χ1n) is 13.1. The molecule has 0 bridgehead atoms. The summed E-state index contributed by atoms with van der Waals surface area (Å²) in [6.45, 7) is 2.35. The third-order valence-electron chi connectivity index (χ3n) is 6.89. The molecule has 0 spiro atoms.